The van der Waals surface area contributed by atoms with Gasteiger partial charge in [-0.3, -0.25) is 14.4 Å². The predicted molar refractivity (Wildman–Crippen MR) is 118 cm³/mol. The molecule has 7 nitrogen and oxygen atoms in total. The van der Waals surface area contributed by atoms with Gasteiger partial charge in [-0.15, -0.1) is 0 Å². The van der Waals surface area contributed by atoms with Crippen LogP contribution in [0.1, 0.15) is 29.9 Å². The minimum absolute atomic E-state index is 0.133. The number of rotatable bonds is 6. The van der Waals surface area contributed by atoms with E-state index in [9.17, 15) is 14.4 Å². The lowest BCUT2D eigenvalue weighted by atomic mass is 10.1. The van der Waals surface area contributed by atoms with E-state index in [1.807, 2.05) is 45.0 Å². The molecule has 2 amide bonds. The molecular weight excluding hydrogens is 380 g/mol. The summed E-state index contributed by atoms with van der Waals surface area (Å²) in [6, 6.07) is 14.3. The van der Waals surface area contributed by atoms with E-state index >= 15 is 0 Å². The largest absolute Gasteiger partial charge is 0.331 e. The van der Waals surface area contributed by atoms with Crippen molar-refractivity contribution in [2.45, 2.75) is 27.3 Å². The third-order valence-corrected chi connectivity index (χ3v) is 4.67. The number of amides is 2. The Morgan fingerprint density at radius 1 is 1.07 bits per heavy atom. The van der Waals surface area contributed by atoms with Crippen LogP contribution in [0.25, 0.3) is 10.8 Å². The maximum absolute atomic E-state index is 13.1. The molecule has 0 fully saturated rings. The van der Waals surface area contributed by atoms with Gasteiger partial charge in [0.2, 0.25) is 5.91 Å². The quantitative estimate of drug-likeness (QED) is 0.682. The molecule has 30 heavy (non-hydrogen) atoms. The van der Waals surface area contributed by atoms with Crippen LogP contribution in [0.15, 0.2) is 53.3 Å². The average molecular weight is 406 g/mol. The number of hydrogen-bond donors (Lipinski definition) is 1. The number of aryl methyl sites for hydroxylation is 1. The van der Waals surface area contributed by atoms with Gasteiger partial charge < -0.3 is 10.2 Å². The van der Waals surface area contributed by atoms with Gasteiger partial charge in [0.25, 0.3) is 11.5 Å². The second-order valence-corrected chi connectivity index (χ2v) is 7.85. The van der Waals surface area contributed by atoms with Crippen molar-refractivity contribution in [3.05, 3.63) is 70.1 Å². The highest BCUT2D eigenvalue weighted by Gasteiger charge is 2.21. The van der Waals surface area contributed by atoms with Gasteiger partial charge in [0.1, 0.15) is 0 Å². The van der Waals surface area contributed by atoms with Crippen molar-refractivity contribution in [3.8, 4) is 0 Å². The summed E-state index contributed by atoms with van der Waals surface area (Å²) in [4.78, 5) is 39.5. The summed E-state index contributed by atoms with van der Waals surface area (Å²) in [5.41, 5.74) is 1.70. The van der Waals surface area contributed by atoms with Crippen LogP contribution in [0, 0.1) is 12.8 Å². The molecule has 0 aliphatic rings. The van der Waals surface area contributed by atoms with Gasteiger partial charge >= 0.3 is 0 Å². The van der Waals surface area contributed by atoms with Crippen LogP contribution in [-0.2, 0) is 11.3 Å². The van der Waals surface area contributed by atoms with Gasteiger partial charge in [-0.2, -0.15) is 5.10 Å². The molecule has 0 atom stereocenters. The van der Waals surface area contributed by atoms with Gasteiger partial charge in [0.15, 0.2) is 5.69 Å². The van der Waals surface area contributed by atoms with Crippen LogP contribution in [0.4, 0.5) is 5.69 Å². The molecule has 1 heterocycles. The fraction of sp³-hybridized carbons (Fsp3) is 0.304. The van der Waals surface area contributed by atoms with Gasteiger partial charge in [-0.25, -0.2) is 4.68 Å². The Bertz CT molecular complexity index is 1130. The van der Waals surface area contributed by atoms with E-state index in [1.165, 1.54) is 9.58 Å². The molecule has 0 bridgehead atoms. The smallest absolute Gasteiger partial charge is 0.275 e. The number of likely N-dealkylation sites (N-methyl/N-ethyl adjacent to an activating group) is 1. The van der Waals surface area contributed by atoms with Crippen molar-refractivity contribution < 1.29 is 9.59 Å². The van der Waals surface area contributed by atoms with E-state index in [4.69, 9.17) is 0 Å². The number of hydrogen-bond acceptors (Lipinski definition) is 4. The second-order valence-electron chi connectivity index (χ2n) is 7.85. The highest BCUT2D eigenvalue weighted by atomic mass is 16.2. The number of aromatic nitrogens is 2. The Morgan fingerprint density at radius 2 is 1.70 bits per heavy atom. The number of carbonyl (C=O) groups excluding carboxylic acids is 2. The van der Waals surface area contributed by atoms with Crippen LogP contribution in [0.2, 0.25) is 0 Å². The van der Waals surface area contributed by atoms with E-state index in [0.717, 1.165) is 5.56 Å². The molecule has 3 rings (SSSR count). The summed E-state index contributed by atoms with van der Waals surface area (Å²) >= 11 is 0. The Kier molecular flexibility index (Phi) is 6.30. The van der Waals surface area contributed by atoms with Crippen LogP contribution in [-0.4, -0.2) is 40.1 Å². The molecule has 0 aliphatic heterocycles. The SMILES string of the molecule is Cc1ccc(NC(=O)CN(C)C(=O)c2nn(CC(C)C)c(=O)c3ccccc23)cc1. The van der Waals surface area contributed by atoms with Crippen molar-refractivity contribution in [2.24, 2.45) is 5.92 Å². The van der Waals surface area contributed by atoms with Gasteiger partial charge in [-0.05, 0) is 31.0 Å². The Morgan fingerprint density at radius 3 is 2.33 bits per heavy atom. The highest BCUT2D eigenvalue weighted by Crippen LogP contribution is 2.16. The first-order chi connectivity index (χ1) is 14.3. The van der Waals surface area contributed by atoms with E-state index < -0.39 is 5.91 Å². The zero-order valence-electron chi connectivity index (χ0n) is 17.7. The Hall–Kier alpha value is -3.48. The molecule has 0 aliphatic carbocycles. The number of benzene rings is 2. The van der Waals surface area contributed by atoms with Gasteiger partial charge in [0.05, 0.1) is 11.9 Å². The Labute approximate surface area is 175 Å². The van der Waals surface area contributed by atoms with Crippen LogP contribution in [0.3, 0.4) is 0 Å². The third-order valence-electron chi connectivity index (χ3n) is 4.67. The third kappa shape index (κ3) is 4.74. The summed E-state index contributed by atoms with van der Waals surface area (Å²) < 4.78 is 1.33. The topological polar surface area (TPSA) is 84.3 Å². The zero-order chi connectivity index (χ0) is 21.8. The van der Waals surface area contributed by atoms with E-state index in [0.29, 0.717) is 23.0 Å². The number of nitrogens with one attached hydrogen (secondary N) is 1. The number of nitrogens with zero attached hydrogens (tertiary/aromatic N) is 3. The molecule has 7 heteroatoms. The highest BCUT2D eigenvalue weighted by molar-refractivity contribution is 6.06. The summed E-state index contributed by atoms with van der Waals surface area (Å²) in [6.07, 6.45) is 0. The fourth-order valence-corrected chi connectivity index (χ4v) is 3.17. The molecule has 0 unspecified atom stereocenters. The summed E-state index contributed by atoms with van der Waals surface area (Å²) in [5, 5.41) is 8.05. The van der Waals surface area contributed by atoms with Crippen molar-refractivity contribution in [2.75, 3.05) is 18.9 Å². The number of carbonyl (C=O) groups is 2. The summed E-state index contributed by atoms with van der Waals surface area (Å²) in [6.45, 7) is 6.19. The lowest BCUT2D eigenvalue weighted by Crippen LogP contribution is -2.37. The number of anilines is 1. The minimum Gasteiger partial charge on any atom is -0.331 e. The van der Waals surface area contributed by atoms with Gasteiger partial charge in [0, 0.05) is 24.7 Å². The van der Waals surface area contributed by atoms with Crippen molar-refractivity contribution in [3.63, 3.8) is 0 Å². The maximum atomic E-state index is 13.1. The van der Waals surface area contributed by atoms with E-state index in [2.05, 4.69) is 10.4 Å². The van der Waals surface area contributed by atoms with Crippen LogP contribution >= 0.6 is 0 Å². The monoisotopic (exact) mass is 406 g/mol. The molecule has 1 aromatic heterocycles. The Balaban J connectivity index is 1.86. The molecule has 156 valence electrons. The zero-order valence-corrected chi connectivity index (χ0v) is 17.7. The first kappa shape index (κ1) is 21.2. The van der Waals surface area contributed by atoms with Gasteiger partial charge in [-0.1, -0.05) is 49.7 Å². The molecular formula is C23H26N4O3. The number of fused-ring (bicyclic) bond motifs is 1. The lowest BCUT2D eigenvalue weighted by molar-refractivity contribution is -0.116. The first-order valence-electron chi connectivity index (χ1n) is 9.88. The lowest BCUT2D eigenvalue weighted by Gasteiger charge is -2.18. The van der Waals surface area contributed by atoms with E-state index in [1.54, 1.807) is 31.3 Å². The van der Waals surface area contributed by atoms with Crippen molar-refractivity contribution in [1.82, 2.24) is 14.7 Å². The average Bonchev–Trinajstić information content (AvgIpc) is 2.71. The standard InChI is InChI=1S/C23H26N4O3/c1-15(2)13-27-22(29)19-8-6-5-7-18(19)21(25-27)23(30)26(4)14-20(28)24-17-11-9-16(3)10-12-17/h5-12,15H,13-14H2,1-4H3,(H,24,28). The molecule has 3 aromatic rings. The van der Waals surface area contributed by atoms with Crippen molar-refractivity contribution >= 4 is 28.3 Å². The van der Waals surface area contributed by atoms with Crippen LogP contribution in [0.5, 0.6) is 0 Å². The molecule has 0 saturated heterocycles. The summed E-state index contributed by atoms with van der Waals surface area (Å²) in [5.74, 6) is -0.533. The normalized spacial score (nSPS) is 11.0. The molecule has 0 spiro atoms. The van der Waals surface area contributed by atoms with E-state index in [-0.39, 0.29) is 29.6 Å². The first-order valence-corrected chi connectivity index (χ1v) is 9.88. The fourth-order valence-electron chi connectivity index (χ4n) is 3.17. The maximum Gasteiger partial charge on any atom is 0.275 e. The molecule has 0 saturated carbocycles. The minimum atomic E-state index is -0.414. The molecule has 1 N–H and O–H groups in total. The van der Waals surface area contributed by atoms with Crippen LogP contribution < -0.4 is 10.9 Å². The molecule has 2 aromatic carbocycles. The predicted octanol–water partition coefficient (Wildman–Crippen LogP) is 3.07. The van der Waals surface area contributed by atoms with Crippen molar-refractivity contribution in [1.29, 1.82) is 0 Å². The molecule has 0 radical (unpaired) electrons. The summed E-state index contributed by atoms with van der Waals surface area (Å²) in [7, 11) is 1.55. The second kappa shape index (κ2) is 8.90.